The normalized spacial score (nSPS) is 22.6. The Morgan fingerprint density at radius 3 is 2.89 bits per heavy atom. The van der Waals surface area contributed by atoms with Gasteiger partial charge in [-0.25, -0.2) is 0 Å². The van der Waals surface area contributed by atoms with E-state index in [2.05, 4.69) is 46.5 Å². The Bertz CT molecular complexity index is 387. The standard InChI is InChI=1S/C13H25N5/c1-4-18-12(7-11(2)15-18)10-17-6-5-16(3)9-13(17)8-14/h7,13H,4-6,8-10,14H2,1-3H3. The molecular formula is C13H25N5. The van der Waals surface area contributed by atoms with E-state index in [0.29, 0.717) is 6.04 Å². The maximum Gasteiger partial charge on any atom is 0.0597 e. The third kappa shape index (κ3) is 2.91. The molecule has 1 aliphatic rings. The molecule has 2 heterocycles. The van der Waals surface area contributed by atoms with Gasteiger partial charge < -0.3 is 10.6 Å². The highest BCUT2D eigenvalue weighted by atomic mass is 15.3. The van der Waals surface area contributed by atoms with Crippen LogP contribution < -0.4 is 5.73 Å². The van der Waals surface area contributed by atoms with E-state index in [-0.39, 0.29) is 0 Å². The lowest BCUT2D eigenvalue weighted by Gasteiger charge is -2.39. The van der Waals surface area contributed by atoms with Crippen LogP contribution in [0.4, 0.5) is 0 Å². The van der Waals surface area contributed by atoms with Gasteiger partial charge in [0.15, 0.2) is 0 Å². The molecule has 1 aromatic heterocycles. The van der Waals surface area contributed by atoms with Crippen molar-refractivity contribution in [1.82, 2.24) is 19.6 Å². The number of aromatic nitrogens is 2. The highest BCUT2D eigenvalue weighted by molar-refractivity contribution is 5.09. The molecule has 0 amide bonds. The molecule has 1 fully saturated rings. The monoisotopic (exact) mass is 251 g/mol. The maximum atomic E-state index is 5.89. The summed E-state index contributed by atoms with van der Waals surface area (Å²) in [7, 11) is 2.17. The zero-order chi connectivity index (χ0) is 13.1. The highest BCUT2D eigenvalue weighted by Gasteiger charge is 2.24. The van der Waals surface area contributed by atoms with Crippen LogP contribution in [0.2, 0.25) is 0 Å². The fraction of sp³-hybridized carbons (Fsp3) is 0.769. The zero-order valence-corrected chi connectivity index (χ0v) is 11.8. The molecule has 102 valence electrons. The summed E-state index contributed by atoms with van der Waals surface area (Å²) in [6.45, 7) is 10.1. The first-order chi connectivity index (χ1) is 8.63. The first-order valence-electron chi connectivity index (χ1n) is 6.80. The van der Waals surface area contributed by atoms with Crippen LogP contribution in [0.1, 0.15) is 18.3 Å². The van der Waals surface area contributed by atoms with Crippen molar-refractivity contribution >= 4 is 0 Å². The molecule has 0 aromatic carbocycles. The van der Waals surface area contributed by atoms with Crippen molar-refractivity contribution in [1.29, 1.82) is 0 Å². The van der Waals surface area contributed by atoms with Crippen LogP contribution in [0.25, 0.3) is 0 Å². The van der Waals surface area contributed by atoms with E-state index in [4.69, 9.17) is 5.73 Å². The van der Waals surface area contributed by atoms with Gasteiger partial charge in [0.05, 0.1) is 11.4 Å². The third-order valence-electron chi connectivity index (χ3n) is 3.73. The third-order valence-corrected chi connectivity index (χ3v) is 3.73. The van der Waals surface area contributed by atoms with E-state index < -0.39 is 0 Å². The van der Waals surface area contributed by atoms with Crippen molar-refractivity contribution in [2.24, 2.45) is 5.73 Å². The van der Waals surface area contributed by atoms with Crippen molar-refractivity contribution < 1.29 is 0 Å². The summed E-state index contributed by atoms with van der Waals surface area (Å²) in [5.74, 6) is 0. The van der Waals surface area contributed by atoms with Crippen molar-refractivity contribution in [3.8, 4) is 0 Å². The highest BCUT2D eigenvalue weighted by Crippen LogP contribution is 2.13. The van der Waals surface area contributed by atoms with Crippen LogP contribution >= 0.6 is 0 Å². The summed E-state index contributed by atoms with van der Waals surface area (Å²) in [6, 6.07) is 2.65. The summed E-state index contributed by atoms with van der Waals surface area (Å²) < 4.78 is 2.10. The van der Waals surface area contributed by atoms with Gasteiger partial charge in [0.2, 0.25) is 0 Å². The predicted octanol–water partition coefficient (Wildman–Crippen LogP) is 0.286. The van der Waals surface area contributed by atoms with Crippen LogP contribution in [0.15, 0.2) is 6.07 Å². The molecule has 2 rings (SSSR count). The minimum atomic E-state index is 0.462. The number of nitrogens with two attached hydrogens (primary N) is 1. The Morgan fingerprint density at radius 1 is 1.44 bits per heavy atom. The largest absolute Gasteiger partial charge is 0.329 e. The van der Waals surface area contributed by atoms with Crippen LogP contribution in [0, 0.1) is 6.92 Å². The molecule has 1 saturated heterocycles. The van der Waals surface area contributed by atoms with Gasteiger partial charge in [-0.1, -0.05) is 0 Å². The minimum absolute atomic E-state index is 0.462. The van der Waals surface area contributed by atoms with Gasteiger partial charge in [-0.2, -0.15) is 5.10 Å². The average Bonchev–Trinajstić information content (AvgIpc) is 2.71. The number of hydrogen-bond donors (Lipinski definition) is 1. The lowest BCUT2D eigenvalue weighted by Crippen LogP contribution is -2.54. The molecule has 1 atom stereocenters. The van der Waals surface area contributed by atoms with Gasteiger partial charge in [0, 0.05) is 45.3 Å². The Hall–Kier alpha value is -0.910. The van der Waals surface area contributed by atoms with E-state index in [0.717, 1.165) is 45.0 Å². The quantitative estimate of drug-likeness (QED) is 0.835. The summed E-state index contributed by atoms with van der Waals surface area (Å²) in [5.41, 5.74) is 8.30. The summed E-state index contributed by atoms with van der Waals surface area (Å²) in [4.78, 5) is 4.85. The van der Waals surface area contributed by atoms with Crippen LogP contribution in [-0.4, -0.2) is 58.8 Å². The van der Waals surface area contributed by atoms with Gasteiger partial charge in [-0.15, -0.1) is 0 Å². The number of hydrogen-bond acceptors (Lipinski definition) is 4. The Labute approximate surface area is 110 Å². The second kappa shape index (κ2) is 5.82. The van der Waals surface area contributed by atoms with Crippen molar-refractivity contribution in [3.05, 3.63) is 17.5 Å². The molecule has 0 bridgehead atoms. The smallest absolute Gasteiger partial charge is 0.0597 e. The summed E-state index contributed by atoms with van der Waals surface area (Å²) >= 11 is 0. The van der Waals surface area contributed by atoms with Crippen molar-refractivity contribution in [2.45, 2.75) is 33.0 Å². The van der Waals surface area contributed by atoms with Gasteiger partial charge >= 0.3 is 0 Å². The molecule has 0 radical (unpaired) electrons. The number of piperazine rings is 1. The van der Waals surface area contributed by atoms with Gasteiger partial charge in [-0.05, 0) is 27.0 Å². The molecule has 5 heteroatoms. The Morgan fingerprint density at radius 2 is 2.22 bits per heavy atom. The second-order valence-electron chi connectivity index (χ2n) is 5.22. The first-order valence-corrected chi connectivity index (χ1v) is 6.80. The summed E-state index contributed by atoms with van der Waals surface area (Å²) in [6.07, 6.45) is 0. The van der Waals surface area contributed by atoms with Crippen LogP contribution in [-0.2, 0) is 13.1 Å². The first kappa shape index (κ1) is 13.5. The van der Waals surface area contributed by atoms with Crippen molar-refractivity contribution in [2.75, 3.05) is 33.2 Å². The summed E-state index contributed by atoms with van der Waals surface area (Å²) in [5, 5.41) is 4.51. The zero-order valence-electron chi connectivity index (χ0n) is 11.8. The predicted molar refractivity (Wildman–Crippen MR) is 73.4 cm³/mol. The molecule has 5 nitrogen and oxygen atoms in total. The van der Waals surface area contributed by atoms with Crippen LogP contribution in [0.3, 0.4) is 0 Å². The van der Waals surface area contributed by atoms with Gasteiger partial charge in [-0.3, -0.25) is 9.58 Å². The molecule has 0 aliphatic carbocycles. The fourth-order valence-corrected chi connectivity index (χ4v) is 2.69. The van der Waals surface area contributed by atoms with Crippen molar-refractivity contribution in [3.63, 3.8) is 0 Å². The number of likely N-dealkylation sites (N-methyl/N-ethyl adjacent to an activating group) is 1. The lowest BCUT2D eigenvalue weighted by molar-refractivity contribution is 0.0857. The Balaban J connectivity index is 2.07. The maximum absolute atomic E-state index is 5.89. The van der Waals surface area contributed by atoms with E-state index >= 15 is 0 Å². The second-order valence-corrected chi connectivity index (χ2v) is 5.22. The van der Waals surface area contributed by atoms with E-state index in [1.165, 1.54) is 5.69 Å². The molecule has 18 heavy (non-hydrogen) atoms. The van der Waals surface area contributed by atoms with Gasteiger partial charge in [0.1, 0.15) is 0 Å². The number of aryl methyl sites for hydroxylation is 2. The molecule has 0 saturated carbocycles. The molecule has 1 aromatic rings. The Kier molecular flexibility index (Phi) is 4.37. The molecule has 1 unspecified atom stereocenters. The van der Waals surface area contributed by atoms with Crippen LogP contribution in [0.5, 0.6) is 0 Å². The number of nitrogens with zero attached hydrogens (tertiary/aromatic N) is 4. The van der Waals surface area contributed by atoms with E-state index in [9.17, 15) is 0 Å². The topological polar surface area (TPSA) is 50.3 Å². The molecule has 0 spiro atoms. The van der Waals surface area contributed by atoms with Gasteiger partial charge in [0.25, 0.3) is 0 Å². The molecule has 1 aliphatic heterocycles. The molecular weight excluding hydrogens is 226 g/mol. The average molecular weight is 251 g/mol. The SMILES string of the molecule is CCn1nc(C)cc1CN1CCN(C)CC1CN. The lowest BCUT2D eigenvalue weighted by atomic mass is 10.1. The fourth-order valence-electron chi connectivity index (χ4n) is 2.69. The molecule has 2 N–H and O–H groups in total. The number of rotatable bonds is 4. The van der Waals surface area contributed by atoms with E-state index in [1.54, 1.807) is 0 Å². The minimum Gasteiger partial charge on any atom is -0.329 e. The van der Waals surface area contributed by atoms with E-state index in [1.807, 2.05) is 0 Å².